The minimum atomic E-state index is -0.478. The van der Waals surface area contributed by atoms with Crippen molar-refractivity contribution in [2.24, 2.45) is 11.7 Å². The number of nitrogens with zero attached hydrogens (tertiary/aromatic N) is 2. The molecule has 2 rings (SSSR count). The molecule has 0 bridgehead atoms. The van der Waals surface area contributed by atoms with Gasteiger partial charge in [0.15, 0.2) is 5.82 Å². The molecule has 5 heteroatoms. The van der Waals surface area contributed by atoms with Crippen molar-refractivity contribution in [3.63, 3.8) is 0 Å². The molecule has 19 heavy (non-hydrogen) atoms. The Kier molecular flexibility index (Phi) is 4.56. The van der Waals surface area contributed by atoms with Crippen LogP contribution in [0.2, 0.25) is 5.02 Å². The maximum Gasteiger partial charge on any atom is 0.248 e. The molecule has 0 spiro atoms. The first-order valence-corrected chi connectivity index (χ1v) is 6.78. The van der Waals surface area contributed by atoms with Crippen molar-refractivity contribution in [3.8, 4) is 0 Å². The summed E-state index contributed by atoms with van der Waals surface area (Å²) in [6.45, 7) is 4.33. The Balaban J connectivity index is 2.12. The molecule has 0 aliphatic carbocycles. The molecule has 0 aliphatic rings. The lowest BCUT2D eigenvalue weighted by atomic mass is 10.1. The fourth-order valence-corrected chi connectivity index (χ4v) is 2.03. The fourth-order valence-electron chi connectivity index (χ4n) is 1.77. The maximum atomic E-state index is 6.11. The van der Waals surface area contributed by atoms with Crippen molar-refractivity contribution in [1.29, 1.82) is 0 Å². The quantitative estimate of drug-likeness (QED) is 0.911. The lowest BCUT2D eigenvalue weighted by molar-refractivity contribution is 0.361. The molecule has 0 saturated carbocycles. The van der Waals surface area contributed by atoms with Gasteiger partial charge in [0.2, 0.25) is 5.89 Å². The van der Waals surface area contributed by atoms with Gasteiger partial charge in [-0.15, -0.1) is 0 Å². The van der Waals surface area contributed by atoms with Gasteiger partial charge in [-0.25, -0.2) is 0 Å². The monoisotopic (exact) mass is 279 g/mol. The highest BCUT2D eigenvalue weighted by atomic mass is 35.5. The summed E-state index contributed by atoms with van der Waals surface area (Å²) in [5, 5.41) is 4.56. The predicted octanol–water partition coefficient (Wildman–Crippen LogP) is 3.36. The van der Waals surface area contributed by atoms with Crippen LogP contribution in [0.1, 0.15) is 43.6 Å². The number of hydrogen-bond acceptors (Lipinski definition) is 4. The second kappa shape index (κ2) is 6.17. The van der Waals surface area contributed by atoms with Crippen molar-refractivity contribution in [2.75, 3.05) is 0 Å². The van der Waals surface area contributed by atoms with Crippen LogP contribution in [0.4, 0.5) is 0 Å². The number of benzene rings is 1. The minimum Gasteiger partial charge on any atom is -0.337 e. The zero-order valence-corrected chi connectivity index (χ0v) is 11.9. The summed E-state index contributed by atoms with van der Waals surface area (Å²) < 4.78 is 5.22. The van der Waals surface area contributed by atoms with Gasteiger partial charge in [-0.3, -0.25) is 0 Å². The van der Waals surface area contributed by atoms with Crippen LogP contribution in [0.15, 0.2) is 28.8 Å². The number of aromatic nitrogens is 2. The van der Waals surface area contributed by atoms with Crippen LogP contribution in [0.5, 0.6) is 0 Å². The van der Waals surface area contributed by atoms with E-state index in [2.05, 4.69) is 24.0 Å². The first-order chi connectivity index (χ1) is 9.08. The molecule has 1 aromatic heterocycles. The van der Waals surface area contributed by atoms with E-state index < -0.39 is 6.04 Å². The largest absolute Gasteiger partial charge is 0.337 e. The molecule has 0 aliphatic heterocycles. The summed E-state index contributed by atoms with van der Waals surface area (Å²) in [4.78, 5) is 4.34. The van der Waals surface area contributed by atoms with E-state index in [0.29, 0.717) is 22.7 Å². The van der Waals surface area contributed by atoms with Crippen molar-refractivity contribution >= 4 is 11.6 Å². The Labute approximate surface area is 118 Å². The number of aryl methyl sites for hydroxylation is 1. The van der Waals surface area contributed by atoms with E-state index in [-0.39, 0.29) is 0 Å². The molecule has 1 aromatic carbocycles. The van der Waals surface area contributed by atoms with Crippen molar-refractivity contribution in [3.05, 3.63) is 46.6 Å². The normalized spacial score (nSPS) is 12.9. The molecular weight excluding hydrogens is 262 g/mol. The van der Waals surface area contributed by atoms with E-state index >= 15 is 0 Å². The number of hydrogen-bond donors (Lipinski definition) is 1. The van der Waals surface area contributed by atoms with Crippen LogP contribution >= 0.6 is 11.6 Å². The summed E-state index contributed by atoms with van der Waals surface area (Å²) in [5.74, 6) is 1.72. The lowest BCUT2D eigenvalue weighted by Crippen LogP contribution is -2.12. The smallest absolute Gasteiger partial charge is 0.248 e. The standard InChI is InChI=1S/C14H18ClN3O/c1-9(2)7-8-12-17-14(19-18-12)13(16)10-5-3-4-6-11(10)15/h3-6,9,13H,7-8,16H2,1-2H3/t13-/m1/s1. The first-order valence-electron chi connectivity index (χ1n) is 6.40. The topological polar surface area (TPSA) is 64.9 Å². The number of halogens is 1. The molecular formula is C14H18ClN3O. The molecule has 0 unspecified atom stereocenters. The third-order valence-corrected chi connectivity index (χ3v) is 3.28. The molecule has 0 fully saturated rings. The van der Waals surface area contributed by atoms with Crippen molar-refractivity contribution < 1.29 is 4.52 Å². The summed E-state index contributed by atoms with van der Waals surface area (Å²) in [7, 11) is 0. The highest BCUT2D eigenvalue weighted by molar-refractivity contribution is 6.31. The Bertz CT molecular complexity index is 539. The van der Waals surface area contributed by atoms with Gasteiger partial charge in [-0.05, 0) is 24.0 Å². The van der Waals surface area contributed by atoms with Gasteiger partial charge in [0.1, 0.15) is 6.04 Å². The molecule has 0 saturated heterocycles. The van der Waals surface area contributed by atoms with Gasteiger partial charge in [0.25, 0.3) is 0 Å². The third kappa shape index (κ3) is 3.55. The summed E-state index contributed by atoms with van der Waals surface area (Å²) in [6.07, 6.45) is 1.83. The van der Waals surface area contributed by atoms with Crippen LogP contribution in [0, 0.1) is 5.92 Å². The molecule has 0 radical (unpaired) electrons. The molecule has 2 N–H and O–H groups in total. The SMILES string of the molecule is CC(C)CCc1noc([C@H](N)c2ccccc2Cl)n1. The second-order valence-corrected chi connectivity index (χ2v) is 5.39. The van der Waals surface area contributed by atoms with E-state index in [4.69, 9.17) is 21.9 Å². The van der Waals surface area contributed by atoms with Crippen LogP contribution in [-0.2, 0) is 6.42 Å². The summed E-state index contributed by atoms with van der Waals surface area (Å²) in [5.41, 5.74) is 6.90. The van der Waals surface area contributed by atoms with E-state index in [0.717, 1.165) is 18.4 Å². The average molecular weight is 280 g/mol. The maximum absolute atomic E-state index is 6.11. The van der Waals surface area contributed by atoms with Crippen LogP contribution < -0.4 is 5.73 Å². The third-order valence-electron chi connectivity index (χ3n) is 2.94. The van der Waals surface area contributed by atoms with Gasteiger partial charge in [-0.1, -0.05) is 48.8 Å². The Hall–Kier alpha value is -1.39. The van der Waals surface area contributed by atoms with Gasteiger partial charge in [0, 0.05) is 11.4 Å². The molecule has 1 heterocycles. The Morgan fingerprint density at radius 2 is 2.05 bits per heavy atom. The van der Waals surface area contributed by atoms with E-state index in [1.165, 1.54) is 0 Å². The van der Waals surface area contributed by atoms with E-state index in [1.54, 1.807) is 6.07 Å². The lowest BCUT2D eigenvalue weighted by Gasteiger charge is -2.08. The van der Waals surface area contributed by atoms with Gasteiger partial charge in [0.05, 0.1) is 0 Å². The highest BCUT2D eigenvalue weighted by Gasteiger charge is 2.18. The Morgan fingerprint density at radius 3 is 2.74 bits per heavy atom. The average Bonchev–Trinajstić information content (AvgIpc) is 2.85. The van der Waals surface area contributed by atoms with Crippen LogP contribution in [0.3, 0.4) is 0 Å². The van der Waals surface area contributed by atoms with E-state index in [9.17, 15) is 0 Å². The second-order valence-electron chi connectivity index (χ2n) is 4.98. The fraction of sp³-hybridized carbons (Fsp3) is 0.429. The highest BCUT2D eigenvalue weighted by Crippen LogP contribution is 2.25. The van der Waals surface area contributed by atoms with Crippen LogP contribution in [-0.4, -0.2) is 10.1 Å². The molecule has 4 nitrogen and oxygen atoms in total. The van der Waals surface area contributed by atoms with Crippen molar-refractivity contribution in [2.45, 2.75) is 32.7 Å². The van der Waals surface area contributed by atoms with Gasteiger partial charge < -0.3 is 10.3 Å². The Morgan fingerprint density at radius 1 is 1.32 bits per heavy atom. The van der Waals surface area contributed by atoms with Crippen molar-refractivity contribution in [1.82, 2.24) is 10.1 Å². The van der Waals surface area contributed by atoms with E-state index in [1.807, 2.05) is 18.2 Å². The van der Waals surface area contributed by atoms with Gasteiger partial charge >= 0.3 is 0 Å². The molecule has 1 atom stereocenters. The molecule has 2 aromatic rings. The molecule has 0 amide bonds. The summed E-state index contributed by atoms with van der Waals surface area (Å²) >= 11 is 6.11. The van der Waals surface area contributed by atoms with Crippen LogP contribution in [0.25, 0.3) is 0 Å². The number of rotatable bonds is 5. The zero-order valence-electron chi connectivity index (χ0n) is 11.1. The first kappa shape index (κ1) is 14.0. The van der Waals surface area contributed by atoms with Gasteiger partial charge in [-0.2, -0.15) is 4.98 Å². The zero-order chi connectivity index (χ0) is 13.8. The number of nitrogens with two attached hydrogens (primary N) is 1. The predicted molar refractivity (Wildman–Crippen MR) is 74.9 cm³/mol. The minimum absolute atomic E-state index is 0.409. The summed E-state index contributed by atoms with van der Waals surface area (Å²) in [6, 6.07) is 6.93. The molecule has 102 valence electrons.